The molecule has 0 N–H and O–H groups in total. The molecule has 0 saturated carbocycles. The number of carbonyl (C=O) groups excluding carboxylic acids is 3. The third-order valence-electron chi connectivity index (χ3n) is 6.64. The molecule has 1 aromatic heterocycles. The van der Waals surface area contributed by atoms with Crippen molar-refractivity contribution in [3.63, 3.8) is 0 Å². The smallest absolute Gasteiger partial charge is 0.240 e. The maximum atomic E-state index is 13.8. The van der Waals surface area contributed by atoms with Crippen molar-refractivity contribution in [2.24, 2.45) is 11.8 Å². The van der Waals surface area contributed by atoms with Crippen LogP contribution in [0.1, 0.15) is 27.7 Å². The molecule has 33 heavy (non-hydrogen) atoms. The van der Waals surface area contributed by atoms with Gasteiger partial charge in [0.1, 0.15) is 6.04 Å². The van der Waals surface area contributed by atoms with Crippen molar-refractivity contribution < 1.29 is 18.8 Å². The Balaban J connectivity index is 1.51. The van der Waals surface area contributed by atoms with E-state index in [2.05, 4.69) is 0 Å². The van der Waals surface area contributed by atoms with Gasteiger partial charge in [-0.3, -0.25) is 14.4 Å². The summed E-state index contributed by atoms with van der Waals surface area (Å²) in [5, 5.41) is 0.588. The summed E-state index contributed by atoms with van der Waals surface area (Å²) in [6.07, 6.45) is 5.12. The van der Waals surface area contributed by atoms with E-state index in [1.54, 1.807) is 30.5 Å². The van der Waals surface area contributed by atoms with Crippen LogP contribution in [0.25, 0.3) is 6.08 Å². The third kappa shape index (κ3) is 2.84. The molecule has 0 radical (unpaired) electrons. The van der Waals surface area contributed by atoms with Crippen molar-refractivity contribution in [2.45, 2.75) is 12.1 Å². The number of hydrogen-bond acceptors (Lipinski definition) is 5. The molecule has 2 aromatic carbocycles. The maximum Gasteiger partial charge on any atom is 0.240 e. The highest BCUT2D eigenvalue weighted by molar-refractivity contribution is 6.38. The van der Waals surface area contributed by atoms with E-state index in [1.165, 1.54) is 12.3 Å². The van der Waals surface area contributed by atoms with Crippen LogP contribution >= 0.6 is 23.2 Å². The van der Waals surface area contributed by atoms with Gasteiger partial charge in [0.25, 0.3) is 0 Å². The first-order valence-electron chi connectivity index (χ1n) is 10.4. The molecule has 8 heteroatoms. The van der Waals surface area contributed by atoms with Crippen LogP contribution in [-0.4, -0.2) is 28.5 Å². The number of rotatable bonds is 3. The van der Waals surface area contributed by atoms with Crippen LogP contribution in [0.4, 0.5) is 5.69 Å². The molecule has 164 valence electrons. The monoisotopic (exact) mass is 478 g/mol. The molecular formula is C25H16Cl2N2O4. The highest BCUT2D eigenvalue weighted by Gasteiger charge is 2.65. The summed E-state index contributed by atoms with van der Waals surface area (Å²) < 4.78 is 5.37. The summed E-state index contributed by atoms with van der Waals surface area (Å²) in [6, 6.07) is 14.2. The average molecular weight is 479 g/mol. The van der Waals surface area contributed by atoms with Gasteiger partial charge >= 0.3 is 0 Å². The zero-order chi connectivity index (χ0) is 22.9. The van der Waals surface area contributed by atoms with Gasteiger partial charge in [-0.25, -0.2) is 4.90 Å². The molecule has 3 aliphatic heterocycles. The van der Waals surface area contributed by atoms with Crippen LogP contribution < -0.4 is 4.90 Å². The van der Waals surface area contributed by atoms with Gasteiger partial charge in [-0.1, -0.05) is 47.5 Å². The minimum absolute atomic E-state index is 0.148. The Bertz CT molecular complexity index is 1350. The lowest BCUT2D eigenvalue weighted by Crippen LogP contribution is -2.44. The van der Waals surface area contributed by atoms with Gasteiger partial charge in [-0.15, -0.1) is 0 Å². The molecule has 0 aliphatic carbocycles. The number of furan rings is 1. The van der Waals surface area contributed by atoms with Crippen LogP contribution in [0.3, 0.4) is 0 Å². The number of ketones is 1. The quantitative estimate of drug-likeness (QED) is 0.391. The molecule has 4 atom stereocenters. The summed E-state index contributed by atoms with van der Waals surface area (Å²) in [5.41, 5.74) is 2.11. The number of halogens is 2. The first kappa shape index (κ1) is 20.3. The van der Waals surface area contributed by atoms with Gasteiger partial charge < -0.3 is 9.32 Å². The number of hydrogen-bond donors (Lipinski definition) is 0. The number of Topliss-reactive ketones (excluding diaryl/α,β-unsaturated/α-hetero) is 1. The molecule has 3 aliphatic rings. The molecule has 4 heterocycles. The minimum atomic E-state index is -0.886. The SMILES string of the molecule is O=C(c1ccco1)[C@@H]1[C@@H]2C(=O)N(c3ccc(Cl)cc3Cl)C(=O)[C@H]2[C@@H]2c3ccccc3C=CN12. The Morgan fingerprint density at radius 3 is 2.48 bits per heavy atom. The normalized spacial score (nSPS) is 25.3. The van der Waals surface area contributed by atoms with Crippen LogP contribution in [0.15, 0.2) is 71.5 Å². The van der Waals surface area contributed by atoms with Gasteiger partial charge in [-0.05, 0) is 47.5 Å². The van der Waals surface area contributed by atoms with Crippen molar-refractivity contribution in [2.75, 3.05) is 4.90 Å². The topological polar surface area (TPSA) is 70.8 Å². The molecule has 2 amide bonds. The van der Waals surface area contributed by atoms with Gasteiger partial charge in [0.15, 0.2) is 5.76 Å². The zero-order valence-electron chi connectivity index (χ0n) is 17.0. The first-order chi connectivity index (χ1) is 16.0. The Morgan fingerprint density at radius 1 is 0.939 bits per heavy atom. The molecular weight excluding hydrogens is 463 g/mol. The summed E-state index contributed by atoms with van der Waals surface area (Å²) >= 11 is 12.4. The molecule has 6 rings (SSSR count). The number of carbonyl (C=O) groups is 3. The van der Waals surface area contributed by atoms with Crippen LogP contribution in [0.5, 0.6) is 0 Å². The fourth-order valence-corrected chi connectivity index (χ4v) is 5.81. The Morgan fingerprint density at radius 2 is 1.73 bits per heavy atom. The number of amides is 2. The van der Waals surface area contributed by atoms with E-state index in [0.29, 0.717) is 5.02 Å². The van der Waals surface area contributed by atoms with Gasteiger partial charge in [-0.2, -0.15) is 0 Å². The number of fused-ring (bicyclic) bond motifs is 5. The van der Waals surface area contributed by atoms with E-state index in [9.17, 15) is 14.4 Å². The molecule has 0 spiro atoms. The summed E-state index contributed by atoms with van der Waals surface area (Å²) in [5.74, 6) is -2.67. The van der Waals surface area contributed by atoms with Crippen LogP contribution in [-0.2, 0) is 9.59 Å². The van der Waals surface area contributed by atoms with Crippen molar-refractivity contribution >= 4 is 52.6 Å². The minimum Gasteiger partial charge on any atom is -0.461 e. The summed E-state index contributed by atoms with van der Waals surface area (Å²) in [6.45, 7) is 0. The Labute approximate surface area is 199 Å². The van der Waals surface area contributed by atoms with E-state index in [-0.39, 0.29) is 28.2 Å². The van der Waals surface area contributed by atoms with E-state index in [4.69, 9.17) is 27.6 Å². The molecule has 0 unspecified atom stereocenters. The van der Waals surface area contributed by atoms with E-state index >= 15 is 0 Å². The lowest BCUT2D eigenvalue weighted by atomic mass is 9.84. The Kier molecular flexibility index (Phi) is 4.50. The largest absolute Gasteiger partial charge is 0.461 e. The number of imide groups is 1. The van der Waals surface area contributed by atoms with Crippen molar-refractivity contribution in [1.29, 1.82) is 0 Å². The summed E-state index contributed by atoms with van der Waals surface area (Å²) in [4.78, 5) is 44.0. The van der Waals surface area contributed by atoms with Gasteiger partial charge in [0.2, 0.25) is 17.6 Å². The molecule has 2 saturated heterocycles. The van der Waals surface area contributed by atoms with Crippen molar-refractivity contribution in [3.05, 3.63) is 94.0 Å². The number of benzene rings is 2. The fourth-order valence-electron chi connectivity index (χ4n) is 5.32. The molecule has 6 nitrogen and oxygen atoms in total. The molecule has 2 fully saturated rings. The second-order valence-electron chi connectivity index (χ2n) is 8.28. The van der Waals surface area contributed by atoms with Crippen molar-refractivity contribution in [3.8, 4) is 0 Å². The van der Waals surface area contributed by atoms with Crippen LogP contribution in [0.2, 0.25) is 10.0 Å². The predicted molar refractivity (Wildman–Crippen MR) is 123 cm³/mol. The zero-order valence-corrected chi connectivity index (χ0v) is 18.5. The van der Waals surface area contributed by atoms with Gasteiger partial charge in [0.05, 0.1) is 34.9 Å². The summed E-state index contributed by atoms with van der Waals surface area (Å²) in [7, 11) is 0. The fraction of sp³-hybridized carbons (Fsp3) is 0.160. The van der Waals surface area contributed by atoms with Crippen LogP contribution in [0, 0.1) is 11.8 Å². The first-order valence-corrected chi connectivity index (χ1v) is 11.2. The second-order valence-corrected chi connectivity index (χ2v) is 9.13. The molecule has 3 aromatic rings. The Hall–Kier alpha value is -3.35. The highest BCUT2D eigenvalue weighted by Crippen LogP contribution is 2.54. The standard InChI is InChI=1S/C25H16Cl2N2O4/c26-14-7-8-17(16(27)12-14)29-24(31)19-20(25(29)32)22(23(30)18-6-3-11-33-18)28-10-9-13-4-1-2-5-15(13)21(19)28/h1-12,19-22H/t19-,20-,21+,22+/m1/s1. The van der Waals surface area contributed by atoms with E-state index in [0.717, 1.165) is 16.0 Å². The second kappa shape index (κ2) is 7.33. The number of nitrogens with zero attached hydrogens (tertiary/aromatic N) is 2. The third-order valence-corrected chi connectivity index (χ3v) is 7.18. The molecule has 0 bridgehead atoms. The van der Waals surface area contributed by atoms with E-state index < -0.39 is 29.8 Å². The lowest BCUT2D eigenvalue weighted by molar-refractivity contribution is -0.123. The predicted octanol–water partition coefficient (Wildman–Crippen LogP) is 4.98. The number of anilines is 1. The highest BCUT2D eigenvalue weighted by atomic mass is 35.5. The van der Waals surface area contributed by atoms with E-state index in [1.807, 2.05) is 35.2 Å². The average Bonchev–Trinajstić information content (AvgIpc) is 3.51. The lowest BCUT2D eigenvalue weighted by Gasteiger charge is -2.35. The van der Waals surface area contributed by atoms with Gasteiger partial charge in [0, 0.05) is 11.2 Å². The van der Waals surface area contributed by atoms with Crippen molar-refractivity contribution in [1.82, 2.24) is 4.90 Å². The maximum absolute atomic E-state index is 13.8.